The molecule has 9 aromatic rings. The van der Waals surface area contributed by atoms with Crippen LogP contribution >= 0.6 is 0 Å². The summed E-state index contributed by atoms with van der Waals surface area (Å²) in [5.74, 6) is 0. The van der Waals surface area contributed by atoms with Gasteiger partial charge in [-0.2, -0.15) is 0 Å². The van der Waals surface area contributed by atoms with E-state index in [0.29, 0.717) is 0 Å². The molecule has 4 nitrogen and oxygen atoms in total. The zero-order chi connectivity index (χ0) is 27.3. The molecule has 0 spiro atoms. The number of hydrogen-bond donors (Lipinski definition) is 0. The van der Waals surface area contributed by atoms with Gasteiger partial charge in [-0.1, -0.05) is 83.6 Å². The second-order valence-corrected chi connectivity index (χ2v) is 10.1. The molecular weight excluding hydrogens is 693 g/mol. The van der Waals surface area contributed by atoms with Crippen LogP contribution in [0.15, 0.2) is 128 Å². The zero-order valence-electron chi connectivity index (χ0n) is 22.7. The van der Waals surface area contributed by atoms with Gasteiger partial charge in [0.25, 0.3) is 0 Å². The fraction of sp³-hybridized carbons (Fsp3) is 0.0270. The molecule has 0 unspecified atom stereocenters. The number of aryl methyl sites for hydroxylation is 1. The maximum Gasteiger partial charge on any atom is 3.00 e. The van der Waals surface area contributed by atoms with Crippen molar-refractivity contribution in [3.05, 3.63) is 146 Å². The molecule has 0 atom stereocenters. The largest absolute Gasteiger partial charge is 3.00 e. The number of para-hydroxylation sites is 4. The molecule has 0 radical (unpaired) electrons. The molecule has 0 saturated heterocycles. The number of aromatic nitrogens is 4. The van der Waals surface area contributed by atoms with E-state index in [-0.39, 0.29) is 20.1 Å². The molecule has 0 aliphatic heterocycles. The maximum absolute atomic E-state index is 4.22. The van der Waals surface area contributed by atoms with E-state index in [4.69, 9.17) is 0 Å². The minimum absolute atomic E-state index is 0. The van der Waals surface area contributed by atoms with Crippen molar-refractivity contribution in [3.8, 4) is 16.9 Å². The monoisotopic (exact) mass is 717 g/mol. The van der Waals surface area contributed by atoms with Gasteiger partial charge in [0.1, 0.15) is 0 Å². The Bertz CT molecular complexity index is 2200. The molecular formula is C37H24IrN4+. The van der Waals surface area contributed by atoms with Gasteiger partial charge in [-0.25, -0.2) is 0 Å². The Labute approximate surface area is 256 Å². The molecule has 0 saturated carbocycles. The molecule has 0 aliphatic rings. The molecule has 0 bridgehead atoms. The fourth-order valence-corrected chi connectivity index (χ4v) is 5.92. The number of rotatable bonds is 2. The number of imidazole rings is 1. The van der Waals surface area contributed by atoms with Crippen molar-refractivity contribution in [2.45, 2.75) is 0 Å². The van der Waals surface area contributed by atoms with E-state index in [1.54, 1.807) is 6.20 Å². The second kappa shape index (κ2) is 10.5. The van der Waals surface area contributed by atoms with Gasteiger partial charge in [-0.3, -0.25) is 0 Å². The quantitative estimate of drug-likeness (QED) is 0.133. The predicted octanol–water partition coefficient (Wildman–Crippen LogP) is 7.75. The van der Waals surface area contributed by atoms with Gasteiger partial charge in [-0.15, -0.1) is 53.4 Å². The number of fused-ring (bicyclic) bond motifs is 7. The van der Waals surface area contributed by atoms with E-state index in [0.717, 1.165) is 33.4 Å². The van der Waals surface area contributed by atoms with Crippen molar-refractivity contribution in [2.75, 3.05) is 0 Å². The van der Waals surface area contributed by atoms with Crippen LogP contribution in [0, 0.1) is 18.5 Å². The van der Waals surface area contributed by atoms with Crippen LogP contribution < -0.4 is 4.57 Å². The molecule has 200 valence electrons. The summed E-state index contributed by atoms with van der Waals surface area (Å²) in [4.78, 5) is 4.22. The molecule has 9 rings (SSSR count). The van der Waals surface area contributed by atoms with Gasteiger partial charge >= 0.3 is 20.1 Å². The van der Waals surface area contributed by atoms with E-state index in [9.17, 15) is 0 Å². The van der Waals surface area contributed by atoms with Crippen LogP contribution in [0.25, 0.3) is 66.1 Å². The van der Waals surface area contributed by atoms with Crippen molar-refractivity contribution in [1.29, 1.82) is 0 Å². The molecule has 42 heavy (non-hydrogen) atoms. The average Bonchev–Trinajstić information content (AvgIpc) is 3.69. The van der Waals surface area contributed by atoms with Gasteiger partial charge in [0, 0.05) is 17.2 Å². The van der Waals surface area contributed by atoms with Crippen molar-refractivity contribution in [1.82, 2.24) is 14.0 Å². The first-order valence-electron chi connectivity index (χ1n) is 13.6. The third-order valence-corrected chi connectivity index (χ3v) is 7.72. The SMILES string of the molecule is C[n+]1[c-]n(-c2[c-]c3c4ccccc4n4c5ccccc5c(c2)c34)c2ccccc21.[Ir+3].[c-]1ccccc1-c1ccccn1. The summed E-state index contributed by atoms with van der Waals surface area (Å²) in [6, 6.07) is 48.5. The third-order valence-electron chi connectivity index (χ3n) is 7.72. The Morgan fingerprint density at radius 3 is 2.14 bits per heavy atom. The second-order valence-electron chi connectivity index (χ2n) is 10.1. The van der Waals surface area contributed by atoms with E-state index < -0.39 is 0 Å². The summed E-state index contributed by atoms with van der Waals surface area (Å²) in [6.45, 7) is 0. The zero-order valence-corrected chi connectivity index (χ0v) is 25.1. The van der Waals surface area contributed by atoms with Crippen LogP contribution in [0.2, 0.25) is 0 Å². The Morgan fingerprint density at radius 2 is 1.38 bits per heavy atom. The molecule has 0 N–H and O–H groups in total. The Balaban J connectivity index is 0.000000188. The average molecular weight is 717 g/mol. The summed E-state index contributed by atoms with van der Waals surface area (Å²) in [5.41, 5.74) is 9.03. The van der Waals surface area contributed by atoms with Crippen molar-refractivity contribution >= 4 is 49.1 Å². The molecule has 5 aromatic carbocycles. The van der Waals surface area contributed by atoms with Crippen molar-refractivity contribution in [3.63, 3.8) is 0 Å². The van der Waals surface area contributed by atoms with Gasteiger partial charge in [0.2, 0.25) is 6.33 Å². The normalized spacial score (nSPS) is 11.3. The number of pyridine rings is 1. The molecule has 5 heteroatoms. The standard InChI is InChI=1S/C26H16N3.C11H8N.Ir/c1-27-16-28(25-13-7-6-12-24(25)27)17-14-20-18-8-2-4-10-22(18)29-23-11-5-3-9-19(23)21(15-17)26(20)29;1-2-6-10(7-3-1)11-8-4-5-9-12-11;/h2-14H,1H3;1-6,8-9H;/q2*-1;+3. The topological polar surface area (TPSA) is 26.1 Å². The van der Waals surface area contributed by atoms with Gasteiger partial charge < -0.3 is 18.5 Å². The van der Waals surface area contributed by atoms with Crippen molar-refractivity contribution in [2.24, 2.45) is 7.05 Å². The molecule has 0 fully saturated rings. The molecule has 0 aliphatic carbocycles. The van der Waals surface area contributed by atoms with Crippen LogP contribution in [0.4, 0.5) is 0 Å². The minimum atomic E-state index is 0. The van der Waals surface area contributed by atoms with Crippen molar-refractivity contribution < 1.29 is 24.7 Å². The summed E-state index contributed by atoms with van der Waals surface area (Å²) in [7, 11) is 2.04. The summed E-state index contributed by atoms with van der Waals surface area (Å²) >= 11 is 0. The van der Waals surface area contributed by atoms with E-state index >= 15 is 0 Å². The predicted molar refractivity (Wildman–Crippen MR) is 165 cm³/mol. The number of nitrogens with zero attached hydrogens (tertiary/aromatic N) is 4. The summed E-state index contributed by atoms with van der Waals surface area (Å²) < 4.78 is 6.55. The fourth-order valence-electron chi connectivity index (χ4n) is 5.92. The maximum atomic E-state index is 4.22. The van der Waals surface area contributed by atoms with E-state index in [2.05, 4.69) is 111 Å². The number of benzene rings is 5. The minimum Gasteiger partial charge on any atom is -0.358 e. The Hall–Kier alpha value is -4.83. The van der Waals surface area contributed by atoms with Gasteiger partial charge in [0.15, 0.2) is 0 Å². The molecule has 4 aromatic heterocycles. The first kappa shape index (κ1) is 26.1. The molecule has 4 heterocycles. The van der Waals surface area contributed by atoms with Gasteiger partial charge in [-0.05, 0) is 40.5 Å². The van der Waals surface area contributed by atoms with Crippen LogP contribution in [0.5, 0.6) is 0 Å². The first-order chi connectivity index (χ1) is 20.3. The first-order valence-corrected chi connectivity index (χ1v) is 13.6. The van der Waals surface area contributed by atoms with Crippen LogP contribution in [0.3, 0.4) is 0 Å². The van der Waals surface area contributed by atoms with Crippen LogP contribution in [-0.4, -0.2) is 14.0 Å². The van der Waals surface area contributed by atoms with Crippen LogP contribution in [-0.2, 0) is 27.2 Å². The Kier molecular flexibility index (Phi) is 6.54. The van der Waals surface area contributed by atoms with E-state index in [1.807, 2.05) is 54.1 Å². The Morgan fingerprint density at radius 1 is 0.690 bits per heavy atom. The van der Waals surface area contributed by atoms with Gasteiger partial charge in [0.05, 0.1) is 18.1 Å². The van der Waals surface area contributed by atoms with E-state index in [1.165, 1.54) is 32.7 Å². The molecule has 0 amide bonds. The van der Waals surface area contributed by atoms with Crippen LogP contribution in [0.1, 0.15) is 0 Å². The summed E-state index contributed by atoms with van der Waals surface area (Å²) in [5, 5.41) is 4.93. The smallest absolute Gasteiger partial charge is 0.358 e. The number of hydrogen-bond acceptors (Lipinski definition) is 1. The third kappa shape index (κ3) is 4.09. The summed E-state index contributed by atoms with van der Waals surface area (Å²) in [6.07, 6.45) is 5.25.